The summed E-state index contributed by atoms with van der Waals surface area (Å²) in [4.78, 5) is 0. The van der Waals surface area contributed by atoms with Gasteiger partial charge in [0, 0.05) is 18.4 Å². The molecule has 0 fully saturated rings. The van der Waals surface area contributed by atoms with Crippen molar-refractivity contribution in [3.8, 4) is 12.1 Å². The SMILES string of the molecule is CCCCCCC(O)CCC(C#N)CCCC(CCCCCC)C(N)CC(C)CCC#N. The summed E-state index contributed by atoms with van der Waals surface area (Å²) >= 11 is 0. The van der Waals surface area contributed by atoms with Crippen molar-refractivity contribution >= 4 is 0 Å². The second-order valence-electron chi connectivity index (χ2n) is 10.1. The molecule has 186 valence electrons. The molecule has 0 saturated heterocycles. The quantitative estimate of drug-likeness (QED) is 0.167. The maximum atomic E-state index is 10.2. The predicted molar refractivity (Wildman–Crippen MR) is 136 cm³/mol. The van der Waals surface area contributed by atoms with E-state index in [-0.39, 0.29) is 18.1 Å². The van der Waals surface area contributed by atoms with Crippen molar-refractivity contribution in [3.05, 3.63) is 0 Å². The zero-order valence-corrected chi connectivity index (χ0v) is 21.5. The van der Waals surface area contributed by atoms with E-state index in [0.29, 0.717) is 18.3 Å². The highest BCUT2D eigenvalue weighted by Gasteiger charge is 2.21. The van der Waals surface area contributed by atoms with Gasteiger partial charge in [0.25, 0.3) is 0 Å². The monoisotopic (exact) mass is 447 g/mol. The van der Waals surface area contributed by atoms with Crippen LogP contribution in [0.1, 0.15) is 136 Å². The molecular weight excluding hydrogens is 394 g/mol. The number of aliphatic hydroxyl groups excluding tert-OH is 1. The third-order valence-corrected chi connectivity index (χ3v) is 7.01. The average Bonchev–Trinajstić information content (AvgIpc) is 2.78. The minimum atomic E-state index is -0.252. The lowest BCUT2D eigenvalue weighted by molar-refractivity contribution is 0.143. The summed E-state index contributed by atoms with van der Waals surface area (Å²) in [6.45, 7) is 6.65. The molecule has 0 spiro atoms. The van der Waals surface area contributed by atoms with Crippen LogP contribution in [0.25, 0.3) is 0 Å². The van der Waals surface area contributed by atoms with Gasteiger partial charge in [-0.3, -0.25) is 0 Å². The smallest absolute Gasteiger partial charge is 0.0655 e. The van der Waals surface area contributed by atoms with Gasteiger partial charge >= 0.3 is 0 Å². The second-order valence-corrected chi connectivity index (χ2v) is 10.1. The van der Waals surface area contributed by atoms with E-state index in [1.165, 1.54) is 51.4 Å². The van der Waals surface area contributed by atoms with Crippen LogP contribution in [0.5, 0.6) is 0 Å². The summed E-state index contributed by atoms with van der Waals surface area (Å²) in [6.07, 6.45) is 18.8. The van der Waals surface area contributed by atoms with Crippen LogP contribution in [-0.4, -0.2) is 17.3 Å². The molecule has 32 heavy (non-hydrogen) atoms. The first-order valence-corrected chi connectivity index (χ1v) is 13.7. The number of aliphatic hydroxyl groups is 1. The van der Waals surface area contributed by atoms with Gasteiger partial charge in [0.05, 0.1) is 18.2 Å². The fraction of sp³-hybridized carbons (Fsp3) is 0.929. The van der Waals surface area contributed by atoms with Crippen LogP contribution in [0, 0.1) is 40.4 Å². The molecule has 4 heteroatoms. The topological polar surface area (TPSA) is 93.8 Å². The van der Waals surface area contributed by atoms with Gasteiger partial charge in [0.2, 0.25) is 0 Å². The number of nitrogens with zero attached hydrogens (tertiary/aromatic N) is 2. The lowest BCUT2D eigenvalue weighted by Crippen LogP contribution is -2.32. The molecule has 5 unspecified atom stereocenters. The standard InChI is InChI=1S/C28H53N3O/c1-4-6-8-10-16-26(28(31)22-24(3)14-13-21-29)17-12-15-25(23-30)19-20-27(32)18-11-9-7-5-2/h24-28,32H,4-20,22,31H2,1-3H3. The Hall–Kier alpha value is -1.10. The fourth-order valence-electron chi connectivity index (χ4n) is 4.74. The zero-order chi connectivity index (χ0) is 24.0. The molecule has 0 aromatic rings. The molecule has 0 bridgehead atoms. The first kappa shape index (κ1) is 30.9. The van der Waals surface area contributed by atoms with Gasteiger partial charge in [-0.1, -0.05) is 78.6 Å². The molecule has 4 nitrogen and oxygen atoms in total. The number of nitriles is 2. The van der Waals surface area contributed by atoms with Crippen LogP contribution in [0.15, 0.2) is 0 Å². The van der Waals surface area contributed by atoms with Crippen molar-refractivity contribution in [2.75, 3.05) is 0 Å². The molecular formula is C28H53N3O. The molecule has 5 atom stereocenters. The Labute approximate surface area is 200 Å². The molecule has 3 N–H and O–H groups in total. The molecule has 0 aromatic carbocycles. The van der Waals surface area contributed by atoms with Gasteiger partial charge in [-0.15, -0.1) is 0 Å². The maximum absolute atomic E-state index is 10.2. The van der Waals surface area contributed by atoms with Crippen molar-refractivity contribution in [3.63, 3.8) is 0 Å². The summed E-state index contributed by atoms with van der Waals surface area (Å²) in [5, 5.41) is 28.6. The van der Waals surface area contributed by atoms with Gasteiger partial charge in [-0.2, -0.15) is 10.5 Å². The van der Waals surface area contributed by atoms with Crippen molar-refractivity contribution in [1.82, 2.24) is 0 Å². The third kappa shape index (κ3) is 17.5. The number of hydrogen-bond acceptors (Lipinski definition) is 4. The molecule has 0 amide bonds. The van der Waals surface area contributed by atoms with Crippen molar-refractivity contribution in [2.24, 2.45) is 23.5 Å². The van der Waals surface area contributed by atoms with Crippen molar-refractivity contribution in [2.45, 2.75) is 148 Å². The summed E-state index contributed by atoms with van der Waals surface area (Å²) in [7, 11) is 0. The van der Waals surface area contributed by atoms with Gasteiger partial charge in [0.1, 0.15) is 0 Å². The summed E-state index contributed by atoms with van der Waals surface area (Å²) in [6, 6.07) is 4.92. The minimum absolute atomic E-state index is 0.0480. The number of rotatable bonds is 22. The average molecular weight is 448 g/mol. The first-order valence-electron chi connectivity index (χ1n) is 13.7. The highest BCUT2D eigenvalue weighted by molar-refractivity contribution is 4.84. The van der Waals surface area contributed by atoms with Crippen LogP contribution in [0.4, 0.5) is 0 Å². The Morgan fingerprint density at radius 1 is 0.750 bits per heavy atom. The fourth-order valence-corrected chi connectivity index (χ4v) is 4.74. The van der Waals surface area contributed by atoms with Crippen LogP contribution >= 0.6 is 0 Å². The van der Waals surface area contributed by atoms with E-state index >= 15 is 0 Å². The lowest BCUT2D eigenvalue weighted by Gasteiger charge is -2.27. The van der Waals surface area contributed by atoms with Crippen molar-refractivity contribution < 1.29 is 5.11 Å². The Morgan fingerprint density at radius 2 is 1.38 bits per heavy atom. The Balaban J connectivity index is 4.43. The summed E-state index contributed by atoms with van der Waals surface area (Å²) < 4.78 is 0. The van der Waals surface area contributed by atoms with Crippen molar-refractivity contribution in [1.29, 1.82) is 10.5 Å². The third-order valence-electron chi connectivity index (χ3n) is 7.01. The van der Waals surface area contributed by atoms with Gasteiger partial charge in [0.15, 0.2) is 0 Å². The van der Waals surface area contributed by atoms with Crippen LogP contribution < -0.4 is 5.73 Å². The zero-order valence-electron chi connectivity index (χ0n) is 21.5. The van der Waals surface area contributed by atoms with Crippen LogP contribution in [0.3, 0.4) is 0 Å². The van der Waals surface area contributed by atoms with E-state index in [2.05, 4.69) is 32.9 Å². The van der Waals surface area contributed by atoms with Gasteiger partial charge in [-0.25, -0.2) is 0 Å². The van der Waals surface area contributed by atoms with E-state index in [1.54, 1.807) is 0 Å². The van der Waals surface area contributed by atoms with E-state index in [1.807, 2.05) is 0 Å². The lowest BCUT2D eigenvalue weighted by atomic mass is 9.82. The van der Waals surface area contributed by atoms with Gasteiger partial charge < -0.3 is 10.8 Å². The second kappa shape index (κ2) is 21.7. The van der Waals surface area contributed by atoms with E-state index in [0.717, 1.165) is 57.8 Å². The highest BCUT2D eigenvalue weighted by atomic mass is 16.3. The Morgan fingerprint density at radius 3 is 1.97 bits per heavy atom. The largest absolute Gasteiger partial charge is 0.393 e. The summed E-state index contributed by atoms with van der Waals surface area (Å²) in [5.41, 5.74) is 6.64. The molecule has 0 radical (unpaired) electrons. The predicted octanol–water partition coefficient (Wildman–Crippen LogP) is 7.65. The molecule has 0 aliphatic rings. The summed E-state index contributed by atoms with van der Waals surface area (Å²) in [5.74, 6) is 1.06. The Kier molecular flexibility index (Phi) is 21.0. The molecule has 0 rings (SSSR count). The van der Waals surface area contributed by atoms with Crippen LogP contribution in [-0.2, 0) is 0 Å². The Bertz CT molecular complexity index is 496. The van der Waals surface area contributed by atoms with E-state index in [9.17, 15) is 10.4 Å². The van der Waals surface area contributed by atoms with Gasteiger partial charge in [-0.05, 0) is 63.2 Å². The molecule has 0 heterocycles. The first-order chi connectivity index (χ1) is 15.5. The molecule has 0 aliphatic heterocycles. The number of hydrogen-bond donors (Lipinski definition) is 2. The maximum Gasteiger partial charge on any atom is 0.0655 e. The van der Waals surface area contributed by atoms with Crippen LogP contribution in [0.2, 0.25) is 0 Å². The minimum Gasteiger partial charge on any atom is -0.393 e. The normalized spacial score (nSPS) is 16.0. The molecule has 0 aromatic heterocycles. The van der Waals surface area contributed by atoms with E-state index in [4.69, 9.17) is 11.0 Å². The highest BCUT2D eigenvalue weighted by Crippen LogP contribution is 2.27. The number of nitrogens with two attached hydrogens (primary N) is 1. The van der Waals surface area contributed by atoms with E-state index < -0.39 is 0 Å². The number of unbranched alkanes of at least 4 members (excludes halogenated alkanes) is 6. The molecule has 0 aliphatic carbocycles. The molecule has 0 saturated carbocycles.